The molecule has 0 aromatic carbocycles. The summed E-state index contributed by atoms with van der Waals surface area (Å²) in [6, 6.07) is 0. The summed E-state index contributed by atoms with van der Waals surface area (Å²) in [6.07, 6.45) is 1.80. The number of hydrogen-bond donors (Lipinski definition) is 1. The molecule has 0 aliphatic rings. The van der Waals surface area contributed by atoms with Crippen LogP contribution in [-0.2, 0) is 0 Å². The number of rotatable bonds is 2. The van der Waals surface area contributed by atoms with Crippen LogP contribution in [0.1, 0.15) is 6.42 Å². The van der Waals surface area contributed by atoms with Gasteiger partial charge in [0.05, 0.1) is 7.85 Å². The summed E-state index contributed by atoms with van der Waals surface area (Å²) < 4.78 is 0. The van der Waals surface area contributed by atoms with Crippen LogP contribution in [0.4, 0.5) is 0 Å². The lowest BCUT2D eigenvalue weighted by Crippen LogP contribution is -1.69. The first-order chi connectivity index (χ1) is 2.41. The molecule has 0 heterocycles. The maximum absolute atomic E-state index is 5.09. The van der Waals surface area contributed by atoms with Crippen molar-refractivity contribution in [3.05, 3.63) is 0 Å². The first-order valence-electron chi connectivity index (χ1n) is 1.72. The van der Waals surface area contributed by atoms with Gasteiger partial charge in [0.25, 0.3) is 0 Å². The Labute approximate surface area is 39.8 Å². The summed E-state index contributed by atoms with van der Waals surface area (Å²) in [4.78, 5) is 0. The zero-order chi connectivity index (χ0) is 4.12. The van der Waals surface area contributed by atoms with Gasteiger partial charge in [-0.3, -0.25) is 0 Å². The Morgan fingerprint density at radius 3 is 2.20 bits per heavy atom. The van der Waals surface area contributed by atoms with Crippen LogP contribution in [0, 0.1) is 0 Å². The molecule has 0 N–H and O–H groups in total. The minimum atomic E-state index is 0.767. The Balaban J connectivity index is 2.19. The summed E-state index contributed by atoms with van der Waals surface area (Å²) in [5, 5.41) is 0. The quantitative estimate of drug-likeness (QED) is 0.374. The Hall–Kier alpha value is 0.415. The van der Waals surface area contributed by atoms with E-state index in [2.05, 4.69) is 12.6 Å². The van der Waals surface area contributed by atoms with Crippen LogP contribution in [0.25, 0.3) is 0 Å². The Kier molecular flexibility index (Phi) is 4.78. The fourth-order valence-electron chi connectivity index (χ4n) is 0.0913. The maximum Gasteiger partial charge on any atom is 0.0653 e. The monoisotopic (exact) mass is 86.0 g/mol. The molecule has 0 unspecified atom stereocenters. The highest BCUT2D eigenvalue weighted by Crippen LogP contribution is 1.84. The Morgan fingerprint density at radius 1 is 1.60 bits per heavy atom. The molecule has 0 spiro atoms. The molecule has 5 heavy (non-hydrogen) atoms. The van der Waals surface area contributed by atoms with E-state index in [0.29, 0.717) is 0 Å². The van der Waals surface area contributed by atoms with Gasteiger partial charge in [-0.05, 0) is 5.75 Å². The predicted molar refractivity (Wildman–Crippen MR) is 29.0 cm³/mol. The average Bonchev–Trinajstić information content (AvgIpc) is 1.41. The minimum absolute atomic E-state index is 0.767. The largest absolute Gasteiger partial charge is 0.179 e. The van der Waals surface area contributed by atoms with E-state index in [1.54, 1.807) is 0 Å². The van der Waals surface area contributed by atoms with Gasteiger partial charge in [-0.25, -0.2) is 0 Å². The van der Waals surface area contributed by atoms with Crippen LogP contribution in [0.3, 0.4) is 0 Å². The molecule has 0 amide bonds. The highest BCUT2D eigenvalue weighted by atomic mass is 32.1. The van der Waals surface area contributed by atoms with Crippen molar-refractivity contribution in [2.24, 2.45) is 0 Å². The van der Waals surface area contributed by atoms with E-state index in [-0.39, 0.29) is 0 Å². The normalized spacial score (nSPS) is 8.20. The SMILES string of the molecule is [B]CCCS. The van der Waals surface area contributed by atoms with E-state index in [1.165, 1.54) is 0 Å². The third kappa shape index (κ3) is 4.41. The standard InChI is InChI=1S/C3H7BS/c4-2-1-3-5/h5H,1-3H2. The van der Waals surface area contributed by atoms with Crippen molar-refractivity contribution in [3.63, 3.8) is 0 Å². The second-order valence-corrected chi connectivity index (χ2v) is 1.31. The average molecular weight is 86.0 g/mol. The third-order valence-corrected chi connectivity index (χ3v) is 0.678. The van der Waals surface area contributed by atoms with E-state index in [0.717, 1.165) is 18.5 Å². The van der Waals surface area contributed by atoms with Gasteiger partial charge in [0.15, 0.2) is 0 Å². The molecule has 0 nitrogen and oxygen atoms in total. The van der Waals surface area contributed by atoms with Gasteiger partial charge < -0.3 is 0 Å². The van der Waals surface area contributed by atoms with E-state index in [1.807, 2.05) is 0 Å². The minimum Gasteiger partial charge on any atom is -0.179 e. The zero-order valence-electron chi connectivity index (χ0n) is 3.15. The second kappa shape index (κ2) is 4.41. The van der Waals surface area contributed by atoms with Gasteiger partial charge in [-0.2, -0.15) is 12.6 Å². The Morgan fingerprint density at radius 2 is 2.20 bits per heavy atom. The molecule has 0 aliphatic carbocycles. The fourth-order valence-corrected chi connectivity index (χ4v) is 0.274. The smallest absolute Gasteiger partial charge is 0.0653 e. The summed E-state index contributed by atoms with van der Waals surface area (Å²) >= 11 is 3.92. The van der Waals surface area contributed by atoms with Crippen molar-refractivity contribution in [1.82, 2.24) is 0 Å². The summed E-state index contributed by atoms with van der Waals surface area (Å²) in [7, 11) is 5.09. The van der Waals surface area contributed by atoms with Crippen LogP contribution < -0.4 is 0 Å². The molecular formula is C3H7BS. The second-order valence-electron chi connectivity index (χ2n) is 0.866. The first kappa shape index (κ1) is 5.41. The number of thiol groups is 1. The number of hydrogen-bond acceptors (Lipinski definition) is 1. The first-order valence-corrected chi connectivity index (χ1v) is 2.36. The van der Waals surface area contributed by atoms with Crippen molar-refractivity contribution in [1.29, 1.82) is 0 Å². The zero-order valence-corrected chi connectivity index (χ0v) is 4.04. The van der Waals surface area contributed by atoms with Gasteiger partial charge in [0.1, 0.15) is 0 Å². The summed E-state index contributed by atoms with van der Waals surface area (Å²) in [5.74, 6) is 0.913. The fraction of sp³-hybridized carbons (Fsp3) is 1.00. The predicted octanol–water partition coefficient (Wildman–Crippen LogP) is 0.893. The van der Waals surface area contributed by atoms with E-state index in [9.17, 15) is 0 Å². The van der Waals surface area contributed by atoms with Crippen LogP contribution in [0.5, 0.6) is 0 Å². The third-order valence-electron chi connectivity index (χ3n) is 0.362. The molecule has 0 fully saturated rings. The van der Waals surface area contributed by atoms with Gasteiger partial charge in [0, 0.05) is 0 Å². The lowest BCUT2D eigenvalue weighted by Gasteiger charge is -1.78. The lowest BCUT2D eigenvalue weighted by atomic mass is 10.0. The van der Waals surface area contributed by atoms with Crippen LogP contribution >= 0.6 is 12.6 Å². The van der Waals surface area contributed by atoms with Gasteiger partial charge in [-0.1, -0.05) is 12.7 Å². The van der Waals surface area contributed by atoms with Crippen LogP contribution in [-0.4, -0.2) is 13.6 Å². The molecular weight excluding hydrogens is 78.9 g/mol. The summed E-state index contributed by atoms with van der Waals surface area (Å²) in [5.41, 5.74) is 0. The molecule has 0 saturated carbocycles. The van der Waals surface area contributed by atoms with E-state index < -0.39 is 0 Å². The maximum atomic E-state index is 5.09. The molecule has 0 aromatic heterocycles. The topological polar surface area (TPSA) is 0 Å². The van der Waals surface area contributed by atoms with Gasteiger partial charge >= 0.3 is 0 Å². The molecule has 0 atom stereocenters. The molecule has 0 bridgehead atoms. The van der Waals surface area contributed by atoms with Crippen molar-refractivity contribution in [2.75, 3.05) is 5.75 Å². The molecule has 2 radical (unpaired) electrons. The van der Waals surface area contributed by atoms with Crippen LogP contribution in [0.15, 0.2) is 0 Å². The highest BCUT2D eigenvalue weighted by Gasteiger charge is 1.68. The molecule has 0 aliphatic heterocycles. The van der Waals surface area contributed by atoms with Gasteiger partial charge in [0.2, 0.25) is 0 Å². The van der Waals surface area contributed by atoms with Crippen molar-refractivity contribution in [3.8, 4) is 0 Å². The molecule has 0 saturated heterocycles. The molecule has 28 valence electrons. The molecule has 0 aromatic rings. The van der Waals surface area contributed by atoms with Crippen molar-refractivity contribution < 1.29 is 0 Å². The van der Waals surface area contributed by atoms with E-state index >= 15 is 0 Å². The van der Waals surface area contributed by atoms with Crippen molar-refractivity contribution in [2.45, 2.75) is 12.7 Å². The molecule has 2 heteroatoms. The Bertz CT molecular complexity index is 14.4. The van der Waals surface area contributed by atoms with E-state index in [4.69, 9.17) is 7.85 Å². The lowest BCUT2D eigenvalue weighted by molar-refractivity contribution is 1.11. The van der Waals surface area contributed by atoms with Gasteiger partial charge in [-0.15, -0.1) is 0 Å². The molecule has 0 rings (SSSR count). The van der Waals surface area contributed by atoms with Crippen molar-refractivity contribution >= 4 is 20.5 Å². The summed E-state index contributed by atoms with van der Waals surface area (Å²) in [6.45, 7) is 0. The highest BCUT2D eigenvalue weighted by molar-refractivity contribution is 7.80. The van der Waals surface area contributed by atoms with Crippen LogP contribution in [0.2, 0.25) is 6.32 Å².